The van der Waals surface area contributed by atoms with E-state index >= 15 is 0 Å². The normalized spacial score (nSPS) is 13.9. The van der Waals surface area contributed by atoms with Crippen LogP contribution in [0.15, 0.2) is 52.9 Å². The molecule has 1 aliphatic heterocycles. The second-order valence-electron chi connectivity index (χ2n) is 8.38. The third kappa shape index (κ3) is 5.21. The van der Waals surface area contributed by atoms with Crippen molar-refractivity contribution in [3.05, 3.63) is 70.2 Å². The fourth-order valence-corrected chi connectivity index (χ4v) is 4.22. The smallest absolute Gasteiger partial charge is 0.291 e. The molecule has 0 atom stereocenters. The molecule has 34 heavy (non-hydrogen) atoms. The van der Waals surface area contributed by atoms with Crippen molar-refractivity contribution in [3.8, 4) is 11.3 Å². The molecule has 6 nitrogen and oxygen atoms in total. The molecule has 2 heterocycles. The molecule has 0 bridgehead atoms. The number of hydrogen-bond acceptors (Lipinski definition) is 4. The van der Waals surface area contributed by atoms with Gasteiger partial charge in [0.1, 0.15) is 11.6 Å². The molecule has 9 heteroatoms. The molecular formula is C25H24Cl2FN3O3. The van der Waals surface area contributed by atoms with Gasteiger partial charge in [-0.1, -0.05) is 37.0 Å². The molecule has 0 saturated carbocycles. The number of nitrogens with zero attached hydrogens (tertiary/aromatic N) is 2. The van der Waals surface area contributed by atoms with E-state index in [0.29, 0.717) is 48.2 Å². The molecular weight excluding hydrogens is 480 g/mol. The number of nitrogens with one attached hydrogen (secondary N) is 1. The van der Waals surface area contributed by atoms with Gasteiger partial charge in [-0.05, 0) is 48.5 Å². The number of rotatable bonds is 5. The van der Waals surface area contributed by atoms with Crippen LogP contribution in [0.25, 0.3) is 11.3 Å². The number of carbonyl (C=O) groups excluding carboxylic acids is 2. The van der Waals surface area contributed by atoms with Crippen molar-refractivity contribution >= 4 is 46.4 Å². The monoisotopic (exact) mass is 503 g/mol. The molecule has 1 N–H and O–H groups in total. The maximum absolute atomic E-state index is 13.4. The van der Waals surface area contributed by atoms with E-state index < -0.39 is 11.7 Å². The number of halogens is 3. The molecule has 1 saturated heterocycles. The highest BCUT2D eigenvalue weighted by atomic mass is 35.5. The molecule has 1 fully saturated rings. The Morgan fingerprint density at radius 2 is 1.74 bits per heavy atom. The summed E-state index contributed by atoms with van der Waals surface area (Å²) < 4.78 is 19.1. The average molecular weight is 504 g/mol. The predicted octanol–water partition coefficient (Wildman–Crippen LogP) is 5.95. The number of piperazine rings is 1. The van der Waals surface area contributed by atoms with Gasteiger partial charge in [-0.3, -0.25) is 9.59 Å². The number of anilines is 2. The lowest BCUT2D eigenvalue weighted by molar-refractivity contribution is -0.134. The summed E-state index contributed by atoms with van der Waals surface area (Å²) in [6.45, 7) is 6.28. The zero-order valence-electron chi connectivity index (χ0n) is 18.8. The fourth-order valence-electron chi connectivity index (χ4n) is 3.87. The minimum Gasteiger partial charge on any atom is -0.451 e. The van der Waals surface area contributed by atoms with Crippen molar-refractivity contribution in [3.63, 3.8) is 0 Å². The van der Waals surface area contributed by atoms with Gasteiger partial charge >= 0.3 is 0 Å². The van der Waals surface area contributed by atoms with Crippen molar-refractivity contribution in [1.29, 1.82) is 0 Å². The van der Waals surface area contributed by atoms with E-state index in [1.807, 2.05) is 24.8 Å². The summed E-state index contributed by atoms with van der Waals surface area (Å²) >= 11 is 12.1. The first-order valence-corrected chi connectivity index (χ1v) is 11.7. The minimum atomic E-state index is -0.530. The zero-order valence-corrected chi connectivity index (χ0v) is 20.3. The lowest BCUT2D eigenvalue weighted by atomic mass is 10.1. The predicted molar refractivity (Wildman–Crippen MR) is 132 cm³/mol. The van der Waals surface area contributed by atoms with E-state index in [1.165, 1.54) is 18.2 Å². The number of furan rings is 1. The van der Waals surface area contributed by atoms with Gasteiger partial charge in [0.05, 0.1) is 16.4 Å². The van der Waals surface area contributed by atoms with Gasteiger partial charge in [0.25, 0.3) is 5.91 Å². The summed E-state index contributed by atoms with van der Waals surface area (Å²) in [5, 5.41) is 3.33. The molecule has 0 spiro atoms. The van der Waals surface area contributed by atoms with Gasteiger partial charge in [-0.2, -0.15) is 0 Å². The highest BCUT2D eigenvalue weighted by molar-refractivity contribution is 6.31. The Bertz CT molecular complexity index is 1220. The highest BCUT2D eigenvalue weighted by Gasteiger charge is 2.25. The molecule has 178 valence electrons. The van der Waals surface area contributed by atoms with Crippen LogP contribution in [-0.4, -0.2) is 42.9 Å². The Hall–Kier alpha value is -3.03. The maximum Gasteiger partial charge on any atom is 0.291 e. The molecule has 1 aliphatic rings. The van der Waals surface area contributed by atoms with Gasteiger partial charge in [0, 0.05) is 42.7 Å². The molecule has 0 radical (unpaired) electrons. The van der Waals surface area contributed by atoms with Crippen molar-refractivity contribution in [2.45, 2.75) is 13.8 Å². The first kappa shape index (κ1) is 24.1. The van der Waals surface area contributed by atoms with Crippen molar-refractivity contribution in [1.82, 2.24) is 4.90 Å². The number of carbonyl (C=O) groups is 2. The standard InChI is InChI=1S/C25H24Cl2FN3O3/c1-15(2)25(33)31-11-9-30(10-12-31)21-6-4-17(26)14-20(21)29-24(32)23-8-7-22(34-23)16-3-5-19(28)18(27)13-16/h3-8,13-15H,9-12H2,1-2H3,(H,29,32). The van der Waals surface area contributed by atoms with E-state index in [-0.39, 0.29) is 22.6 Å². The van der Waals surface area contributed by atoms with Crippen LogP contribution in [0.1, 0.15) is 24.4 Å². The Labute approximate surface area is 207 Å². The fraction of sp³-hybridized carbons (Fsp3) is 0.280. The SMILES string of the molecule is CC(C)C(=O)N1CCN(c2ccc(Cl)cc2NC(=O)c2ccc(-c3ccc(F)c(Cl)c3)o2)CC1. The van der Waals surface area contributed by atoms with Crippen LogP contribution in [-0.2, 0) is 4.79 Å². The summed E-state index contributed by atoms with van der Waals surface area (Å²) in [6, 6.07) is 12.7. The third-order valence-electron chi connectivity index (χ3n) is 5.67. The van der Waals surface area contributed by atoms with Gasteiger partial charge in [0.2, 0.25) is 5.91 Å². The van der Waals surface area contributed by atoms with E-state index in [2.05, 4.69) is 10.2 Å². The van der Waals surface area contributed by atoms with Gasteiger partial charge < -0.3 is 19.5 Å². The first-order valence-electron chi connectivity index (χ1n) is 10.9. The Balaban J connectivity index is 1.50. The van der Waals surface area contributed by atoms with Crippen LogP contribution in [0.3, 0.4) is 0 Å². The first-order chi connectivity index (χ1) is 16.2. The molecule has 4 rings (SSSR count). The number of benzene rings is 2. The third-order valence-corrected chi connectivity index (χ3v) is 6.19. The summed E-state index contributed by atoms with van der Waals surface area (Å²) in [6.07, 6.45) is 0. The van der Waals surface area contributed by atoms with Crippen molar-refractivity contribution in [2.24, 2.45) is 5.92 Å². The molecule has 2 amide bonds. The molecule has 2 aromatic carbocycles. The van der Waals surface area contributed by atoms with E-state index in [1.54, 1.807) is 24.3 Å². The van der Waals surface area contributed by atoms with Crippen LogP contribution >= 0.6 is 23.2 Å². The van der Waals surface area contributed by atoms with Gasteiger partial charge in [0.15, 0.2) is 5.76 Å². The molecule has 0 aliphatic carbocycles. The number of hydrogen-bond donors (Lipinski definition) is 1. The van der Waals surface area contributed by atoms with Crippen LogP contribution < -0.4 is 10.2 Å². The largest absolute Gasteiger partial charge is 0.451 e. The summed E-state index contributed by atoms with van der Waals surface area (Å²) in [5.74, 6) is -0.395. The van der Waals surface area contributed by atoms with Crippen LogP contribution in [0.5, 0.6) is 0 Å². The minimum absolute atomic E-state index is 0.0290. The maximum atomic E-state index is 13.4. The van der Waals surface area contributed by atoms with Crippen LogP contribution in [0.4, 0.5) is 15.8 Å². The zero-order chi connectivity index (χ0) is 24.4. The summed E-state index contributed by atoms with van der Waals surface area (Å²) in [5.41, 5.74) is 1.91. The second kappa shape index (κ2) is 10.1. The summed E-state index contributed by atoms with van der Waals surface area (Å²) in [4.78, 5) is 29.2. The molecule has 1 aromatic heterocycles. The lowest BCUT2D eigenvalue weighted by Gasteiger charge is -2.37. The molecule has 3 aromatic rings. The summed E-state index contributed by atoms with van der Waals surface area (Å²) in [7, 11) is 0. The van der Waals surface area contributed by atoms with E-state index in [0.717, 1.165) is 5.69 Å². The second-order valence-corrected chi connectivity index (χ2v) is 9.22. The van der Waals surface area contributed by atoms with E-state index in [4.69, 9.17) is 27.6 Å². The Morgan fingerprint density at radius 1 is 1.00 bits per heavy atom. The molecule has 0 unspecified atom stereocenters. The average Bonchev–Trinajstić information content (AvgIpc) is 3.31. The van der Waals surface area contributed by atoms with Crippen molar-refractivity contribution in [2.75, 3.05) is 36.4 Å². The lowest BCUT2D eigenvalue weighted by Crippen LogP contribution is -2.50. The quantitative estimate of drug-likeness (QED) is 0.467. The van der Waals surface area contributed by atoms with Crippen molar-refractivity contribution < 1.29 is 18.4 Å². The van der Waals surface area contributed by atoms with Crippen LogP contribution in [0.2, 0.25) is 10.0 Å². The van der Waals surface area contributed by atoms with Gasteiger partial charge in [-0.25, -0.2) is 4.39 Å². The Morgan fingerprint density at radius 3 is 2.41 bits per heavy atom. The van der Waals surface area contributed by atoms with Gasteiger partial charge in [-0.15, -0.1) is 0 Å². The van der Waals surface area contributed by atoms with Crippen LogP contribution in [0, 0.1) is 11.7 Å². The highest BCUT2D eigenvalue weighted by Crippen LogP contribution is 2.32. The van der Waals surface area contributed by atoms with E-state index in [9.17, 15) is 14.0 Å². The Kier molecular flexibility index (Phi) is 7.14. The topological polar surface area (TPSA) is 65.8 Å². The number of amides is 2.